The minimum atomic E-state index is -0.292. The maximum absolute atomic E-state index is 13.3. The Hall–Kier alpha value is -0.720. The van der Waals surface area contributed by atoms with Gasteiger partial charge in [0.15, 0.2) is 0 Å². The van der Waals surface area contributed by atoms with Gasteiger partial charge in [-0.15, -0.1) is 0 Å². The van der Waals surface area contributed by atoms with Crippen LogP contribution in [-0.4, -0.2) is 43.3 Å². The summed E-state index contributed by atoms with van der Waals surface area (Å²) in [7, 11) is 0. The first-order valence-electron chi connectivity index (χ1n) is 6.88. The second-order valence-corrected chi connectivity index (χ2v) is 5.42. The molecule has 1 aromatic carbocycles. The molecule has 0 aromatic heterocycles. The molecular weight excluding hydrogens is 281 g/mol. The molecule has 2 atom stereocenters. The normalized spacial score (nSPS) is 21.9. The molecule has 1 saturated heterocycles. The average Bonchev–Trinajstić information content (AvgIpc) is 2.48. The molecule has 1 aliphatic rings. The SMILES string of the molecule is CCN1CCOC(C(Cc2cc(F)ccc2Cl)NN)C1. The minimum Gasteiger partial charge on any atom is -0.374 e. The lowest BCUT2D eigenvalue weighted by atomic mass is 10.0. The van der Waals surface area contributed by atoms with Crippen molar-refractivity contribution < 1.29 is 9.13 Å². The summed E-state index contributed by atoms with van der Waals surface area (Å²) in [5, 5.41) is 0.551. The van der Waals surface area contributed by atoms with Crippen molar-refractivity contribution in [3.8, 4) is 0 Å². The van der Waals surface area contributed by atoms with Crippen LogP contribution in [0.4, 0.5) is 4.39 Å². The first kappa shape index (κ1) is 15.7. The molecule has 1 aliphatic heterocycles. The van der Waals surface area contributed by atoms with Crippen LogP contribution in [0.3, 0.4) is 0 Å². The molecule has 1 fully saturated rings. The van der Waals surface area contributed by atoms with Gasteiger partial charge in [0.25, 0.3) is 0 Å². The highest BCUT2D eigenvalue weighted by molar-refractivity contribution is 6.31. The second kappa shape index (κ2) is 7.33. The molecule has 112 valence electrons. The Bertz CT molecular complexity index is 446. The van der Waals surface area contributed by atoms with Gasteiger partial charge in [-0.05, 0) is 36.7 Å². The van der Waals surface area contributed by atoms with Crippen LogP contribution >= 0.6 is 11.6 Å². The highest BCUT2D eigenvalue weighted by atomic mass is 35.5. The number of hydrogen-bond donors (Lipinski definition) is 2. The van der Waals surface area contributed by atoms with E-state index in [-0.39, 0.29) is 18.0 Å². The molecule has 0 aliphatic carbocycles. The smallest absolute Gasteiger partial charge is 0.123 e. The number of hydrazine groups is 1. The largest absolute Gasteiger partial charge is 0.374 e. The molecular formula is C14H21ClFN3O. The number of benzene rings is 1. The molecule has 0 bridgehead atoms. The summed E-state index contributed by atoms with van der Waals surface area (Å²) in [5.74, 6) is 5.35. The number of ether oxygens (including phenoxy) is 1. The fourth-order valence-corrected chi connectivity index (χ4v) is 2.69. The van der Waals surface area contributed by atoms with E-state index in [0.717, 1.165) is 25.2 Å². The zero-order chi connectivity index (χ0) is 14.5. The molecule has 3 N–H and O–H groups in total. The van der Waals surface area contributed by atoms with Crippen LogP contribution in [0, 0.1) is 5.82 Å². The number of hydrogen-bond acceptors (Lipinski definition) is 4. The van der Waals surface area contributed by atoms with Crippen molar-refractivity contribution in [2.75, 3.05) is 26.2 Å². The number of nitrogens with one attached hydrogen (secondary N) is 1. The van der Waals surface area contributed by atoms with Crippen LogP contribution < -0.4 is 11.3 Å². The molecule has 4 nitrogen and oxygen atoms in total. The first-order chi connectivity index (χ1) is 9.63. The molecule has 0 saturated carbocycles. The Morgan fingerprint density at radius 1 is 1.60 bits per heavy atom. The summed E-state index contributed by atoms with van der Waals surface area (Å²) < 4.78 is 19.1. The maximum atomic E-state index is 13.3. The van der Waals surface area contributed by atoms with Gasteiger partial charge in [0.05, 0.1) is 18.8 Å². The monoisotopic (exact) mass is 301 g/mol. The van der Waals surface area contributed by atoms with Crippen molar-refractivity contribution >= 4 is 11.6 Å². The summed E-state index contributed by atoms with van der Waals surface area (Å²) in [6.07, 6.45) is 0.517. The standard InChI is InChI=1S/C14H21ClFN3O/c1-2-19-5-6-20-14(9-19)13(18-17)8-10-7-11(16)3-4-12(10)15/h3-4,7,13-14,18H,2,5-6,8-9,17H2,1H3. The summed E-state index contributed by atoms with van der Waals surface area (Å²) in [6.45, 7) is 5.55. The van der Waals surface area contributed by atoms with Gasteiger partial charge >= 0.3 is 0 Å². The highest BCUT2D eigenvalue weighted by Gasteiger charge is 2.27. The van der Waals surface area contributed by atoms with Crippen molar-refractivity contribution in [2.24, 2.45) is 5.84 Å². The van der Waals surface area contributed by atoms with E-state index in [1.807, 2.05) is 0 Å². The van der Waals surface area contributed by atoms with Crippen LogP contribution in [0.15, 0.2) is 18.2 Å². The van der Waals surface area contributed by atoms with E-state index in [2.05, 4.69) is 17.2 Å². The third kappa shape index (κ3) is 3.90. The molecule has 6 heteroatoms. The van der Waals surface area contributed by atoms with E-state index < -0.39 is 0 Å². The van der Waals surface area contributed by atoms with Gasteiger partial charge in [0.1, 0.15) is 5.82 Å². The Morgan fingerprint density at radius 2 is 2.40 bits per heavy atom. The van der Waals surface area contributed by atoms with Crippen LogP contribution in [-0.2, 0) is 11.2 Å². The van der Waals surface area contributed by atoms with Gasteiger partial charge in [-0.3, -0.25) is 16.2 Å². The number of rotatable bonds is 5. The van der Waals surface area contributed by atoms with Crippen molar-refractivity contribution in [1.29, 1.82) is 0 Å². The average molecular weight is 302 g/mol. The summed E-state index contributed by atoms with van der Waals surface area (Å²) in [6, 6.07) is 4.28. The van der Waals surface area contributed by atoms with Gasteiger partial charge in [0, 0.05) is 18.1 Å². The van der Waals surface area contributed by atoms with E-state index in [0.29, 0.717) is 18.1 Å². The fraction of sp³-hybridized carbons (Fsp3) is 0.571. The number of likely N-dealkylation sites (N-methyl/N-ethyl adjacent to an activating group) is 1. The lowest BCUT2D eigenvalue weighted by molar-refractivity contribution is -0.0448. The third-order valence-corrected chi connectivity index (χ3v) is 4.10. The van der Waals surface area contributed by atoms with Crippen molar-refractivity contribution in [2.45, 2.75) is 25.5 Å². The topological polar surface area (TPSA) is 50.5 Å². The molecule has 1 aromatic rings. The molecule has 0 amide bonds. The number of morpholine rings is 1. The molecule has 1 heterocycles. The Balaban J connectivity index is 2.06. The lowest BCUT2D eigenvalue weighted by Crippen LogP contribution is -2.54. The summed E-state index contributed by atoms with van der Waals surface area (Å²) >= 11 is 6.11. The first-order valence-corrected chi connectivity index (χ1v) is 7.25. The zero-order valence-electron chi connectivity index (χ0n) is 11.6. The summed E-state index contributed by atoms with van der Waals surface area (Å²) in [5.41, 5.74) is 3.52. The van der Waals surface area contributed by atoms with Gasteiger partial charge in [0.2, 0.25) is 0 Å². The lowest BCUT2D eigenvalue weighted by Gasteiger charge is -2.36. The van der Waals surface area contributed by atoms with Crippen LogP contribution in [0.5, 0.6) is 0 Å². The Kier molecular flexibility index (Phi) is 5.74. The predicted molar refractivity (Wildman–Crippen MR) is 78.1 cm³/mol. The van der Waals surface area contributed by atoms with Gasteiger partial charge in [-0.2, -0.15) is 0 Å². The number of nitrogens with zero attached hydrogens (tertiary/aromatic N) is 1. The van der Waals surface area contributed by atoms with Crippen molar-refractivity contribution in [3.63, 3.8) is 0 Å². The number of halogens is 2. The van der Waals surface area contributed by atoms with E-state index >= 15 is 0 Å². The Morgan fingerprint density at radius 3 is 3.10 bits per heavy atom. The van der Waals surface area contributed by atoms with Gasteiger partial charge in [-0.1, -0.05) is 18.5 Å². The van der Waals surface area contributed by atoms with E-state index in [1.54, 1.807) is 6.07 Å². The highest BCUT2D eigenvalue weighted by Crippen LogP contribution is 2.21. The predicted octanol–water partition coefficient (Wildman–Crippen LogP) is 1.57. The van der Waals surface area contributed by atoms with E-state index in [4.69, 9.17) is 22.2 Å². The van der Waals surface area contributed by atoms with Crippen LogP contribution in [0.25, 0.3) is 0 Å². The second-order valence-electron chi connectivity index (χ2n) is 5.02. The molecule has 20 heavy (non-hydrogen) atoms. The van der Waals surface area contributed by atoms with Crippen LogP contribution in [0.2, 0.25) is 5.02 Å². The van der Waals surface area contributed by atoms with Gasteiger partial charge < -0.3 is 4.74 Å². The van der Waals surface area contributed by atoms with E-state index in [9.17, 15) is 4.39 Å². The fourth-order valence-electron chi connectivity index (χ4n) is 2.50. The van der Waals surface area contributed by atoms with E-state index in [1.165, 1.54) is 12.1 Å². The van der Waals surface area contributed by atoms with Crippen molar-refractivity contribution in [3.05, 3.63) is 34.6 Å². The maximum Gasteiger partial charge on any atom is 0.123 e. The quantitative estimate of drug-likeness (QED) is 0.640. The minimum absolute atomic E-state index is 0.0203. The molecule has 2 unspecified atom stereocenters. The third-order valence-electron chi connectivity index (χ3n) is 3.74. The van der Waals surface area contributed by atoms with Crippen LogP contribution in [0.1, 0.15) is 12.5 Å². The Labute approximate surface area is 124 Å². The van der Waals surface area contributed by atoms with Gasteiger partial charge in [-0.25, -0.2) is 4.39 Å². The zero-order valence-corrected chi connectivity index (χ0v) is 12.4. The number of nitrogens with two attached hydrogens (primary N) is 1. The molecule has 0 radical (unpaired) electrons. The van der Waals surface area contributed by atoms with Crippen molar-refractivity contribution in [1.82, 2.24) is 10.3 Å². The summed E-state index contributed by atoms with van der Waals surface area (Å²) in [4.78, 5) is 2.31. The molecule has 0 spiro atoms. The molecule has 2 rings (SSSR count).